The van der Waals surface area contributed by atoms with Gasteiger partial charge in [0.1, 0.15) is 5.82 Å². The molecule has 0 amide bonds. The van der Waals surface area contributed by atoms with E-state index in [-0.39, 0.29) is 5.78 Å². The molecule has 5 heteroatoms. The number of rotatable bonds is 6. The zero-order valence-corrected chi connectivity index (χ0v) is 16.1. The van der Waals surface area contributed by atoms with E-state index in [0.717, 1.165) is 29.3 Å². The molecule has 0 fully saturated rings. The van der Waals surface area contributed by atoms with Gasteiger partial charge in [-0.3, -0.25) is 4.79 Å². The Bertz CT molecular complexity index is 982. The molecule has 3 aromatic rings. The number of para-hydroxylation sites is 1. The van der Waals surface area contributed by atoms with Crippen LogP contribution in [0.3, 0.4) is 0 Å². The number of benzene rings is 2. The topological polar surface area (TPSA) is 66.9 Å². The molecular formula is C22H24N4O. The molecule has 0 saturated carbocycles. The van der Waals surface area contributed by atoms with E-state index in [0.29, 0.717) is 11.5 Å². The van der Waals surface area contributed by atoms with E-state index in [4.69, 9.17) is 0 Å². The zero-order valence-electron chi connectivity index (χ0n) is 16.1. The number of aryl methyl sites for hydroxylation is 3. The Kier molecular flexibility index (Phi) is 5.50. The maximum atomic E-state index is 11.6. The second kappa shape index (κ2) is 7.99. The summed E-state index contributed by atoms with van der Waals surface area (Å²) in [6, 6.07) is 15.5. The lowest BCUT2D eigenvalue weighted by Gasteiger charge is -2.15. The maximum absolute atomic E-state index is 11.6. The van der Waals surface area contributed by atoms with Gasteiger partial charge in [0.05, 0.1) is 0 Å². The highest BCUT2D eigenvalue weighted by atomic mass is 16.1. The smallest absolute Gasteiger partial charge is 0.229 e. The molecule has 1 aromatic heterocycles. The van der Waals surface area contributed by atoms with Crippen LogP contribution in [-0.4, -0.2) is 15.8 Å². The molecule has 0 unspecified atom stereocenters. The molecular weight excluding hydrogens is 336 g/mol. The summed E-state index contributed by atoms with van der Waals surface area (Å²) in [5.74, 6) is 1.25. The van der Waals surface area contributed by atoms with Gasteiger partial charge < -0.3 is 10.6 Å². The molecule has 0 bridgehead atoms. The van der Waals surface area contributed by atoms with Crippen molar-refractivity contribution in [2.45, 2.75) is 34.1 Å². The van der Waals surface area contributed by atoms with Crippen LogP contribution < -0.4 is 10.6 Å². The molecule has 5 nitrogen and oxygen atoms in total. The summed E-state index contributed by atoms with van der Waals surface area (Å²) in [5, 5.41) is 6.64. The highest BCUT2D eigenvalue weighted by molar-refractivity contribution is 5.95. The summed E-state index contributed by atoms with van der Waals surface area (Å²) >= 11 is 0. The molecule has 3 rings (SSSR count). The number of carbonyl (C=O) groups is 1. The summed E-state index contributed by atoms with van der Waals surface area (Å²) < 4.78 is 0. The molecule has 0 radical (unpaired) electrons. The lowest BCUT2D eigenvalue weighted by molar-refractivity contribution is 0.101. The summed E-state index contributed by atoms with van der Waals surface area (Å²) in [6.07, 6.45) is 0.941. The van der Waals surface area contributed by atoms with Gasteiger partial charge in [-0.25, -0.2) is 4.98 Å². The third kappa shape index (κ3) is 4.50. The number of Topliss-reactive ketones (excluding diaryl/α,β-unsaturated/α-hetero) is 1. The predicted molar refractivity (Wildman–Crippen MR) is 110 cm³/mol. The van der Waals surface area contributed by atoms with Crippen molar-refractivity contribution in [3.05, 3.63) is 70.9 Å². The molecule has 1 heterocycles. The van der Waals surface area contributed by atoms with Gasteiger partial charge in [-0.15, -0.1) is 0 Å². The largest absolute Gasteiger partial charge is 0.340 e. The van der Waals surface area contributed by atoms with Crippen molar-refractivity contribution in [2.75, 3.05) is 10.6 Å². The molecule has 2 N–H and O–H groups in total. The number of anilines is 4. The third-order valence-electron chi connectivity index (χ3n) is 4.37. The number of nitrogens with one attached hydrogen (secondary N) is 2. The monoisotopic (exact) mass is 360 g/mol. The summed E-state index contributed by atoms with van der Waals surface area (Å²) in [6.45, 7) is 7.71. The SMILES string of the molecule is CCc1cccc(C)c1Nc1cc(C)nc(Nc2cccc(C(C)=O)c2)n1. The molecule has 0 aliphatic rings. The predicted octanol–water partition coefficient (Wildman–Crippen LogP) is 5.35. The van der Waals surface area contributed by atoms with Gasteiger partial charge in [-0.1, -0.05) is 37.3 Å². The van der Waals surface area contributed by atoms with Crippen LogP contribution >= 0.6 is 0 Å². The van der Waals surface area contributed by atoms with Gasteiger partial charge in [-0.05, 0) is 50.5 Å². The van der Waals surface area contributed by atoms with Crippen LogP contribution in [0.1, 0.15) is 41.0 Å². The first kappa shape index (κ1) is 18.6. The third-order valence-corrected chi connectivity index (χ3v) is 4.37. The molecule has 0 aliphatic carbocycles. The molecule has 27 heavy (non-hydrogen) atoms. The van der Waals surface area contributed by atoms with Crippen molar-refractivity contribution in [1.82, 2.24) is 9.97 Å². The van der Waals surface area contributed by atoms with Crippen LogP contribution in [0, 0.1) is 13.8 Å². The van der Waals surface area contributed by atoms with Crippen molar-refractivity contribution in [2.24, 2.45) is 0 Å². The molecule has 2 aromatic carbocycles. The van der Waals surface area contributed by atoms with E-state index in [9.17, 15) is 4.79 Å². The Labute approximate surface area is 159 Å². The number of hydrogen-bond donors (Lipinski definition) is 2. The first-order chi connectivity index (χ1) is 13.0. The van der Waals surface area contributed by atoms with Crippen LogP contribution in [0.2, 0.25) is 0 Å². The van der Waals surface area contributed by atoms with Crippen molar-refractivity contribution >= 4 is 28.9 Å². The number of aromatic nitrogens is 2. The molecule has 0 aliphatic heterocycles. The average molecular weight is 360 g/mol. The minimum atomic E-state index is 0.0258. The Morgan fingerprint density at radius 2 is 1.78 bits per heavy atom. The van der Waals surface area contributed by atoms with Crippen LogP contribution in [0.5, 0.6) is 0 Å². The van der Waals surface area contributed by atoms with E-state index in [2.05, 4.69) is 52.6 Å². The second-order valence-electron chi connectivity index (χ2n) is 6.57. The molecule has 0 spiro atoms. The van der Waals surface area contributed by atoms with Gasteiger partial charge in [0.25, 0.3) is 0 Å². The van der Waals surface area contributed by atoms with Gasteiger partial charge >= 0.3 is 0 Å². The Hall–Kier alpha value is -3.21. The fourth-order valence-corrected chi connectivity index (χ4v) is 2.96. The highest BCUT2D eigenvalue weighted by Crippen LogP contribution is 2.26. The van der Waals surface area contributed by atoms with E-state index >= 15 is 0 Å². The van der Waals surface area contributed by atoms with E-state index in [1.54, 1.807) is 19.1 Å². The van der Waals surface area contributed by atoms with Gasteiger partial charge in [0.2, 0.25) is 5.95 Å². The maximum Gasteiger partial charge on any atom is 0.229 e. The lowest BCUT2D eigenvalue weighted by Crippen LogP contribution is -2.05. The molecule has 0 saturated heterocycles. The van der Waals surface area contributed by atoms with Crippen LogP contribution in [0.25, 0.3) is 0 Å². The van der Waals surface area contributed by atoms with Crippen molar-refractivity contribution in [3.8, 4) is 0 Å². The lowest BCUT2D eigenvalue weighted by atomic mass is 10.1. The Morgan fingerprint density at radius 3 is 2.52 bits per heavy atom. The quantitative estimate of drug-likeness (QED) is 0.580. The van der Waals surface area contributed by atoms with Gasteiger partial charge in [0, 0.05) is 28.7 Å². The second-order valence-corrected chi connectivity index (χ2v) is 6.57. The van der Waals surface area contributed by atoms with Crippen molar-refractivity contribution in [1.29, 1.82) is 0 Å². The van der Waals surface area contributed by atoms with Crippen LogP contribution in [-0.2, 0) is 6.42 Å². The minimum absolute atomic E-state index is 0.0258. The average Bonchev–Trinajstić information content (AvgIpc) is 2.63. The zero-order chi connectivity index (χ0) is 19.4. The first-order valence-electron chi connectivity index (χ1n) is 9.05. The molecule has 0 atom stereocenters. The molecule has 138 valence electrons. The van der Waals surface area contributed by atoms with Crippen LogP contribution in [0.4, 0.5) is 23.1 Å². The highest BCUT2D eigenvalue weighted by Gasteiger charge is 2.09. The van der Waals surface area contributed by atoms with Crippen LogP contribution in [0.15, 0.2) is 48.5 Å². The van der Waals surface area contributed by atoms with E-state index in [1.165, 1.54) is 11.1 Å². The Morgan fingerprint density at radius 1 is 1.00 bits per heavy atom. The minimum Gasteiger partial charge on any atom is -0.340 e. The Balaban J connectivity index is 1.89. The summed E-state index contributed by atoms with van der Waals surface area (Å²) in [4.78, 5) is 20.6. The summed E-state index contributed by atoms with van der Waals surface area (Å²) in [5.41, 5.74) is 5.79. The number of nitrogens with zero attached hydrogens (tertiary/aromatic N) is 2. The van der Waals surface area contributed by atoms with Gasteiger partial charge in [-0.2, -0.15) is 4.98 Å². The van der Waals surface area contributed by atoms with Crippen molar-refractivity contribution < 1.29 is 4.79 Å². The number of ketones is 1. The fraction of sp³-hybridized carbons (Fsp3) is 0.227. The number of carbonyl (C=O) groups excluding carboxylic acids is 1. The van der Waals surface area contributed by atoms with E-state index in [1.807, 2.05) is 25.1 Å². The summed E-state index contributed by atoms with van der Waals surface area (Å²) in [7, 11) is 0. The van der Waals surface area contributed by atoms with E-state index < -0.39 is 0 Å². The van der Waals surface area contributed by atoms with Crippen molar-refractivity contribution in [3.63, 3.8) is 0 Å². The van der Waals surface area contributed by atoms with Gasteiger partial charge in [0.15, 0.2) is 5.78 Å². The standard InChI is InChI=1S/C22H24N4O/c1-5-17-9-6-8-14(2)21(17)25-20-12-15(3)23-22(26-20)24-19-11-7-10-18(13-19)16(4)27/h6-13H,5H2,1-4H3,(H2,23,24,25,26). The first-order valence-corrected chi connectivity index (χ1v) is 9.05. The number of hydrogen-bond acceptors (Lipinski definition) is 5. The fourth-order valence-electron chi connectivity index (χ4n) is 2.96. The normalized spacial score (nSPS) is 10.5.